The zero-order valence-corrected chi connectivity index (χ0v) is 13.1. The lowest BCUT2D eigenvalue weighted by atomic mass is 10.1. The third-order valence-electron chi connectivity index (χ3n) is 3.03. The van der Waals surface area contributed by atoms with Gasteiger partial charge in [0.1, 0.15) is 0 Å². The van der Waals surface area contributed by atoms with Gasteiger partial charge < -0.3 is 25.3 Å². The van der Waals surface area contributed by atoms with Gasteiger partial charge in [0.05, 0.1) is 21.3 Å². The van der Waals surface area contributed by atoms with Gasteiger partial charge in [0.15, 0.2) is 28.1 Å². The summed E-state index contributed by atoms with van der Waals surface area (Å²) in [7, 11) is 4.84. The molecule has 0 aliphatic rings. The van der Waals surface area contributed by atoms with Crippen molar-refractivity contribution in [3.63, 3.8) is 0 Å². The highest BCUT2D eigenvalue weighted by Gasteiger charge is 2.11. The molecule has 0 radical (unpaired) electrons. The summed E-state index contributed by atoms with van der Waals surface area (Å²) in [5.41, 5.74) is 6.86. The maximum absolute atomic E-state index is 5.71. The van der Waals surface area contributed by atoms with Crippen molar-refractivity contribution in [3.05, 3.63) is 23.8 Å². The van der Waals surface area contributed by atoms with Crippen molar-refractivity contribution in [2.75, 3.05) is 38.9 Å². The molecule has 7 heteroatoms. The maximum Gasteiger partial charge on any atom is 0.197 e. The van der Waals surface area contributed by atoms with Gasteiger partial charge in [-0.05, 0) is 35.6 Å². The first-order valence-corrected chi connectivity index (χ1v) is 7.20. The number of nitrogens with zero attached hydrogens (tertiary/aromatic N) is 1. The van der Waals surface area contributed by atoms with Crippen molar-refractivity contribution < 1.29 is 14.2 Å². The molecule has 0 saturated heterocycles. The standard InChI is InChI=1S/C14H19N3O3S/c1-18-10-5-4-9(8-11(10)19-2)6-7-16-14-12(20-3)13(15)17-21-14/h4-5,8,16H,6-7H2,1-3H3,(H2,15,17). The zero-order chi connectivity index (χ0) is 15.2. The molecule has 0 fully saturated rings. The zero-order valence-electron chi connectivity index (χ0n) is 12.3. The smallest absolute Gasteiger partial charge is 0.197 e. The van der Waals surface area contributed by atoms with Crippen molar-refractivity contribution in [2.45, 2.75) is 6.42 Å². The third kappa shape index (κ3) is 3.49. The summed E-state index contributed by atoms with van der Waals surface area (Å²) >= 11 is 1.29. The lowest BCUT2D eigenvalue weighted by Crippen LogP contribution is -2.05. The molecule has 1 aromatic carbocycles. The first kappa shape index (κ1) is 15.2. The summed E-state index contributed by atoms with van der Waals surface area (Å²) in [5, 5.41) is 4.12. The van der Waals surface area contributed by atoms with Crippen LogP contribution in [0.25, 0.3) is 0 Å². The second-order valence-electron chi connectivity index (χ2n) is 4.30. The molecule has 0 aliphatic heterocycles. The van der Waals surface area contributed by atoms with Gasteiger partial charge in [-0.3, -0.25) is 0 Å². The van der Waals surface area contributed by atoms with Gasteiger partial charge in [-0.15, -0.1) is 0 Å². The number of benzene rings is 1. The van der Waals surface area contributed by atoms with Gasteiger partial charge in [0.25, 0.3) is 0 Å². The Balaban J connectivity index is 1.97. The van der Waals surface area contributed by atoms with Crippen LogP contribution in [0.3, 0.4) is 0 Å². The SMILES string of the molecule is COc1ccc(CCNc2snc(N)c2OC)cc1OC. The molecule has 2 aromatic rings. The van der Waals surface area contributed by atoms with Crippen LogP contribution in [0.2, 0.25) is 0 Å². The van der Waals surface area contributed by atoms with E-state index in [9.17, 15) is 0 Å². The largest absolute Gasteiger partial charge is 0.493 e. The van der Waals surface area contributed by atoms with Crippen LogP contribution in [0, 0.1) is 0 Å². The van der Waals surface area contributed by atoms with Crippen LogP contribution in [0.4, 0.5) is 10.8 Å². The summed E-state index contributed by atoms with van der Waals surface area (Å²) < 4.78 is 19.8. The number of rotatable bonds is 7. The number of hydrogen-bond donors (Lipinski definition) is 2. The fraction of sp³-hybridized carbons (Fsp3) is 0.357. The number of ether oxygens (including phenoxy) is 3. The number of hydrogen-bond acceptors (Lipinski definition) is 7. The summed E-state index contributed by atoms with van der Waals surface area (Å²) in [6, 6.07) is 5.89. The van der Waals surface area contributed by atoms with Gasteiger partial charge in [0.2, 0.25) is 0 Å². The maximum atomic E-state index is 5.71. The lowest BCUT2D eigenvalue weighted by Gasteiger charge is -2.10. The molecule has 0 atom stereocenters. The Morgan fingerprint density at radius 3 is 2.57 bits per heavy atom. The fourth-order valence-electron chi connectivity index (χ4n) is 1.96. The quantitative estimate of drug-likeness (QED) is 0.817. The predicted octanol–water partition coefficient (Wildman–Crippen LogP) is 2.41. The number of nitrogens with two attached hydrogens (primary N) is 1. The molecule has 114 valence electrons. The van der Waals surface area contributed by atoms with Crippen LogP contribution in [0.1, 0.15) is 5.56 Å². The van der Waals surface area contributed by atoms with Crippen LogP contribution in [-0.2, 0) is 6.42 Å². The molecule has 3 N–H and O–H groups in total. The molecule has 0 amide bonds. The molecule has 0 saturated carbocycles. The van der Waals surface area contributed by atoms with E-state index in [4.69, 9.17) is 19.9 Å². The molecule has 6 nitrogen and oxygen atoms in total. The highest BCUT2D eigenvalue weighted by molar-refractivity contribution is 7.11. The van der Waals surface area contributed by atoms with Crippen molar-refractivity contribution >= 4 is 22.4 Å². The first-order chi connectivity index (χ1) is 10.2. The number of aromatic nitrogens is 1. The van der Waals surface area contributed by atoms with E-state index in [1.807, 2.05) is 18.2 Å². The van der Waals surface area contributed by atoms with Crippen LogP contribution < -0.4 is 25.3 Å². The van der Waals surface area contributed by atoms with E-state index < -0.39 is 0 Å². The van der Waals surface area contributed by atoms with E-state index >= 15 is 0 Å². The molecule has 1 heterocycles. The van der Waals surface area contributed by atoms with Gasteiger partial charge in [-0.25, -0.2) is 0 Å². The highest BCUT2D eigenvalue weighted by Crippen LogP contribution is 2.34. The summed E-state index contributed by atoms with van der Waals surface area (Å²) in [6.07, 6.45) is 0.835. The number of nitrogen functional groups attached to an aromatic ring is 1. The lowest BCUT2D eigenvalue weighted by molar-refractivity contribution is 0.354. The molecule has 0 unspecified atom stereocenters. The van der Waals surface area contributed by atoms with Gasteiger partial charge in [-0.1, -0.05) is 6.07 Å². The average molecular weight is 309 g/mol. The molecule has 21 heavy (non-hydrogen) atoms. The van der Waals surface area contributed by atoms with Crippen LogP contribution in [0.15, 0.2) is 18.2 Å². The first-order valence-electron chi connectivity index (χ1n) is 6.43. The third-order valence-corrected chi connectivity index (χ3v) is 3.83. The Bertz CT molecular complexity index is 601. The van der Waals surface area contributed by atoms with Crippen LogP contribution >= 0.6 is 11.5 Å². The summed E-state index contributed by atoms with van der Waals surface area (Å²) in [4.78, 5) is 0. The van der Waals surface area contributed by atoms with Gasteiger partial charge in [-0.2, -0.15) is 4.37 Å². The Kier molecular flexibility index (Phi) is 5.10. The minimum absolute atomic E-state index is 0.413. The molecular weight excluding hydrogens is 290 g/mol. The van der Waals surface area contributed by atoms with Crippen LogP contribution in [-0.4, -0.2) is 32.2 Å². The topological polar surface area (TPSA) is 78.6 Å². The average Bonchev–Trinajstić information content (AvgIpc) is 2.87. The number of nitrogens with one attached hydrogen (secondary N) is 1. The Labute approximate surface area is 128 Å². The van der Waals surface area contributed by atoms with E-state index in [1.54, 1.807) is 21.3 Å². The van der Waals surface area contributed by atoms with E-state index in [0.29, 0.717) is 11.6 Å². The molecule has 0 spiro atoms. The summed E-state index contributed by atoms with van der Waals surface area (Å²) in [6.45, 7) is 0.744. The minimum atomic E-state index is 0.413. The molecule has 0 aliphatic carbocycles. The van der Waals surface area contributed by atoms with E-state index in [-0.39, 0.29) is 0 Å². The predicted molar refractivity (Wildman–Crippen MR) is 84.8 cm³/mol. The number of anilines is 2. The van der Waals surface area contributed by atoms with Gasteiger partial charge in [0, 0.05) is 6.54 Å². The normalized spacial score (nSPS) is 10.2. The van der Waals surface area contributed by atoms with Crippen molar-refractivity contribution in [1.82, 2.24) is 4.37 Å². The van der Waals surface area contributed by atoms with Gasteiger partial charge >= 0.3 is 0 Å². The van der Waals surface area contributed by atoms with Crippen molar-refractivity contribution in [2.24, 2.45) is 0 Å². The molecule has 0 bridgehead atoms. The minimum Gasteiger partial charge on any atom is -0.493 e. The van der Waals surface area contributed by atoms with Crippen molar-refractivity contribution in [3.8, 4) is 17.2 Å². The van der Waals surface area contributed by atoms with Crippen LogP contribution in [0.5, 0.6) is 17.2 Å². The second-order valence-corrected chi connectivity index (χ2v) is 5.07. The Hall–Kier alpha value is -2.15. The Morgan fingerprint density at radius 2 is 1.90 bits per heavy atom. The van der Waals surface area contributed by atoms with E-state index in [1.165, 1.54) is 11.5 Å². The molecule has 2 rings (SSSR count). The van der Waals surface area contributed by atoms with E-state index in [2.05, 4.69) is 9.69 Å². The second kappa shape index (κ2) is 7.03. The number of methoxy groups -OCH3 is 3. The van der Waals surface area contributed by atoms with E-state index in [0.717, 1.165) is 35.0 Å². The highest BCUT2D eigenvalue weighted by atomic mass is 32.1. The molecular formula is C14H19N3O3S. The molecule has 1 aromatic heterocycles. The fourth-order valence-corrected chi connectivity index (χ4v) is 2.67. The monoisotopic (exact) mass is 309 g/mol. The summed E-state index contributed by atoms with van der Waals surface area (Å²) in [5.74, 6) is 2.48. The van der Waals surface area contributed by atoms with Crippen molar-refractivity contribution in [1.29, 1.82) is 0 Å². The Morgan fingerprint density at radius 1 is 1.14 bits per heavy atom.